The third-order valence-electron chi connectivity index (χ3n) is 9.84. The molecule has 0 saturated heterocycles. The fourth-order valence-electron chi connectivity index (χ4n) is 5.74. The highest BCUT2D eigenvalue weighted by atomic mass is 16.4. The number of carboxylic acid groups (broad SMARTS) is 1. The molecule has 0 aromatic carbocycles. The van der Waals surface area contributed by atoms with Gasteiger partial charge >= 0.3 is 5.97 Å². The van der Waals surface area contributed by atoms with E-state index in [9.17, 15) is 53.1 Å². The topological polar surface area (TPSA) is 411 Å². The fraction of sp³-hybridized carbons (Fsp3) is 0.744. The van der Waals surface area contributed by atoms with Crippen LogP contribution in [0.3, 0.4) is 0 Å². The zero-order chi connectivity index (χ0) is 48.4. The molecule has 0 radical (unpaired) electrons. The van der Waals surface area contributed by atoms with Gasteiger partial charge in [-0.25, -0.2) is 0 Å². The molecule has 0 heterocycles. The molecule has 0 spiro atoms. The van der Waals surface area contributed by atoms with Crippen molar-refractivity contribution in [2.75, 3.05) is 26.2 Å². The summed E-state index contributed by atoms with van der Waals surface area (Å²) in [5, 5.41) is 38.5. The maximum Gasteiger partial charge on any atom is 0.325 e. The second-order valence-electron chi connectivity index (χ2n) is 15.8. The van der Waals surface area contributed by atoms with E-state index in [2.05, 4.69) is 42.5 Å². The van der Waals surface area contributed by atoms with Gasteiger partial charge in [0.2, 0.25) is 53.2 Å². The second-order valence-corrected chi connectivity index (χ2v) is 15.8. The molecule has 24 heteroatoms. The number of carbonyl (C=O) groups is 10. The van der Waals surface area contributed by atoms with Crippen molar-refractivity contribution in [2.45, 2.75) is 148 Å². The predicted octanol–water partition coefficient (Wildman–Crippen LogP) is -4.83. The van der Waals surface area contributed by atoms with Crippen LogP contribution in [0.4, 0.5) is 0 Å². The molecule has 24 nitrogen and oxygen atoms in total. The van der Waals surface area contributed by atoms with Gasteiger partial charge in [0.1, 0.15) is 42.3 Å². The van der Waals surface area contributed by atoms with Gasteiger partial charge in [-0.15, -0.1) is 0 Å². The van der Waals surface area contributed by atoms with E-state index in [0.29, 0.717) is 32.2 Å². The number of primary amides is 1. The van der Waals surface area contributed by atoms with Crippen LogP contribution in [0.1, 0.15) is 99.3 Å². The van der Waals surface area contributed by atoms with Crippen molar-refractivity contribution in [2.24, 2.45) is 34.8 Å². The number of unbranched alkanes of at least 4 members (excludes halogenated alkanes) is 2. The molecule has 0 aliphatic carbocycles. The van der Waals surface area contributed by atoms with Crippen molar-refractivity contribution in [1.82, 2.24) is 42.5 Å². The van der Waals surface area contributed by atoms with Crippen LogP contribution >= 0.6 is 0 Å². The average molecular weight is 901 g/mol. The Morgan fingerprint density at radius 3 is 1.51 bits per heavy atom. The van der Waals surface area contributed by atoms with Crippen LogP contribution in [0, 0.1) is 11.8 Å². The minimum atomic E-state index is -1.66. The van der Waals surface area contributed by atoms with Crippen molar-refractivity contribution < 1.29 is 58.2 Å². The van der Waals surface area contributed by atoms with Crippen LogP contribution in [-0.2, 0) is 47.9 Å². The minimum absolute atomic E-state index is 0.0569. The van der Waals surface area contributed by atoms with E-state index < -0.39 is 127 Å². The molecule has 0 fully saturated rings. The number of carboxylic acids is 1. The zero-order valence-corrected chi connectivity index (χ0v) is 37.3. The Morgan fingerprint density at radius 2 is 1.02 bits per heavy atom. The lowest BCUT2D eigenvalue weighted by molar-refractivity contribution is -0.141. The summed E-state index contributed by atoms with van der Waals surface area (Å²) in [4.78, 5) is 128. The summed E-state index contributed by atoms with van der Waals surface area (Å²) >= 11 is 0. The molecule has 0 aliphatic rings. The SMILES string of the molecule is CC[C@H](C)[C@H](N)C(=O)N[C@@H](C)C(=O)N[C@@H](CC(C)C)C(=O)N[C@@H](CO)C(=O)N[C@@H](CCCCN)C(=O)N[C@@H](CC(N)=O)C(=O)NCC(=O)N[C@@H](CCCCN)C(=O)N[C@@H](C)C(=O)O. The van der Waals surface area contributed by atoms with Crippen LogP contribution in [0.5, 0.6) is 0 Å². The number of hydrogen-bond acceptors (Lipinski definition) is 14. The maximum absolute atomic E-state index is 13.6. The molecule has 360 valence electrons. The van der Waals surface area contributed by atoms with E-state index in [0.717, 1.165) is 0 Å². The second kappa shape index (κ2) is 30.6. The number of aliphatic hydroxyl groups is 1. The molecule has 0 bridgehead atoms. The van der Waals surface area contributed by atoms with Gasteiger partial charge in [0.05, 0.1) is 25.6 Å². The number of aliphatic hydroxyl groups excluding tert-OH is 1. The van der Waals surface area contributed by atoms with E-state index >= 15 is 0 Å². The molecule has 0 aromatic heterocycles. The predicted molar refractivity (Wildman–Crippen MR) is 229 cm³/mol. The average Bonchev–Trinajstić information content (AvgIpc) is 3.22. The lowest BCUT2D eigenvalue weighted by Gasteiger charge is -2.27. The first kappa shape index (κ1) is 57.5. The minimum Gasteiger partial charge on any atom is -0.480 e. The first-order chi connectivity index (χ1) is 29.5. The highest BCUT2D eigenvalue weighted by Crippen LogP contribution is 2.09. The molecule has 0 aromatic rings. The summed E-state index contributed by atoms with van der Waals surface area (Å²) in [6.45, 7) is 8.67. The Morgan fingerprint density at radius 1 is 0.556 bits per heavy atom. The van der Waals surface area contributed by atoms with Gasteiger partial charge in [0.25, 0.3) is 0 Å². The van der Waals surface area contributed by atoms with Crippen LogP contribution < -0.4 is 65.5 Å². The number of hydrogen-bond donors (Lipinski definition) is 14. The van der Waals surface area contributed by atoms with Crippen LogP contribution in [-0.4, -0.2) is 144 Å². The van der Waals surface area contributed by atoms with Gasteiger partial charge in [-0.3, -0.25) is 47.9 Å². The Bertz CT molecular complexity index is 1550. The van der Waals surface area contributed by atoms with Crippen molar-refractivity contribution >= 4 is 59.1 Å². The Kier molecular flexibility index (Phi) is 27.9. The normalized spacial score (nSPS) is 15.3. The summed E-state index contributed by atoms with van der Waals surface area (Å²) in [7, 11) is 0. The van der Waals surface area contributed by atoms with E-state index in [1.165, 1.54) is 13.8 Å². The maximum atomic E-state index is 13.6. The number of nitrogens with two attached hydrogens (primary N) is 4. The van der Waals surface area contributed by atoms with Crippen molar-refractivity contribution in [3.05, 3.63) is 0 Å². The summed E-state index contributed by atoms with van der Waals surface area (Å²) in [6.07, 6.45) is 1.59. The summed E-state index contributed by atoms with van der Waals surface area (Å²) < 4.78 is 0. The lowest BCUT2D eigenvalue weighted by Crippen LogP contribution is -2.60. The third-order valence-corrected chi connectivity index (χ3v) is 9.84. The molecular weight excluding hydrogens is 829 g/mol. The van der Waals surface area contributed by atoms with Crippen LogP contribution in [0.25, 0.3) is 0 Å². The molecule has 0 saturated carbocycles. The monoisotopic (exact) mass is 901 g/mol. The number of nitrogens with one attached hydrogen (secondary N) is 8. The summed E-state index contributed by atoms with van der Waals surface area (Å²) in [5.41, 5.74) is 22.5. The lowest BCUT2D eigenvalue weighted by atomic mass is 9.99. The molecular formula is C39H72N12O12. The highest BCUT2D eigenvalue weighted by Gasteiger charge is 2.33. The van der Waals surface area contributed by atoms with E-state index in [-0.39, 0.29) is 44.1 Å². The molecule has 0 aliphatic heterocycles. The van der Waals surface area contributed by atoms with Crippen molar-refractivity contribution in [1.29, 1.82) is 0 Å². The van der Waals surface area contributed by atoms with E-state index in [1.54, 1.807) is 20.8 Å². The first-order valence-corrected chi connectivity index (χ1v) is 21.2. The number of aliphatic carboxylic acids is 1. The number of rotatable bonds is 32. The van der Waals surface area contributed by atoms with E-state index in [4.69, 9.17) is 28.0 Å². The third kappa shape index (κ3) is 23.0. The van der Waals surface area contributed by atoms with Gasteiger partial charge < -0.3 is 75.7 Å². The molecule has 9 amide bonds. The number of carbonyl (C=O) groups excluding carboxylic acids is 9. The highest BCUT2D eigenvalue weighted by molar-refractivity contribution is 5.98. The van der Waals surface area contributed by atoms with Crippen LogP contribution in [0.2, 0.25) is 0 Å². The van der Waals surface area contributed by atoms with Gasteiger partial charge in [-0.2, -0.15) is 0 Å². The zero-order valence-electron chi connectivity index (χ0n) is 37.3. The Labute approximate surface area is 368 Å². The summed E-state index contributed by atoms with van der Waals surface area (Å²) in [6, 6.07) is -10.3. The smallest absolute Gasteiger partial charge is 0.325 e. The van der Waals surface area contributed by atoms with Crippen molar-refractivity contribution in [3.63, 3.8) is 0 Å². The van der Waals surface area contributed by atoms with E-state index in [1.807, 2.05) is 6.92 Å². The Balaban J connectivity index is 6.00. The van der Waals surface area contributed by atoms with Gasteiger partial charge in [0, 0.05) is 0 Å². The first-order valence-electron chi connectivity index (χ1n) is 21.2. The quantitative estimate of drug-likeness (QED) is 0.0282. The molecule has 0 unspecified atom stereocenters. The Hall–Kier alpha value is -5.46. The van der Waals surface area contributed by atoms with Crippen molar-refractivity contribution in [3.8, 4) is 0 Å². The summed E-state index contributed by atoms with van der Waals surface area (Å²) in [5.74, 6) is -9.47. The molecule has 63 heavy (non-hydrogen) atoms. The van der Waals surface area contributed by atoms with Crippen LogP contribution in [0.15, 0.2) is 0 Å². The number of amides is 9. The molecule has 9 atom stereocenters. The van der Waals surface area contributed by atoms with Gasteiger partial charge in [-0.1, -0.05) is 34.1 Å². The standard InChI is InChI=1S/C39H72N12O12/c1-7-21(4)31(43)38(61)45-22(5)32(55)49-26(16-20(2)3)36(59)51-28(19-52)37(60)48-25(13-9-11-15-41)35(58)50-27(17-29(42)53)33(56)44-18-30(54)47-24(12-8-10-14-40)34(57)46-23(6)39(62)63/h20-28,31,52H,7-19,40-41,43H2,1-6H3,(H2,42,53)(H,44,56)(H,45,61)(H,46,57)(H,47,54)(H,48,60)(H,49,55)(H,50,58)(H,51,59)(H,62,63)/t21-,22-,23-,24-,25-,26-,27-,28-,31-/m0/s1. The molecule has 18 N–H and O–H groups in total. The largest absolute Gasteiger partial charge is 0.480 e. The van der Waals surface area contributed by atoms with Gasteiger partial charge in [0.15, 0.2) is 0 Å². The fourth-order valence-corrected chi connectivity index (χ4v) is 5.74. The van der Waals surface area contributed by atoms with Gasteiger partial charge in [-0.05, 0) is 83.7 Å². The molecule has 0 rings (SSSR count).